The maximum absolute atomic E-state index is 12.3. The minimum Gasteiger partial charge on any atom is -0.464 e. The van der Waals surface area contributed by atoms with Crippen LogP contribution in [0.25, 0.3) is 0 Å². The van der Waals surface area contributed by atoms with Gasteiger partial charge in [0.05, 0.1) is 6.61 Å². The largest absolute Gasteiger partial charge is 0.464 e. The van der Waals surface area contributed by atoms with Crippen molar-refractivity contribution in [3.63, 3.8) is 0 Å². The minimum absolute atomic E-state index is 0.142. The van der Waals surface area contributed by atoms with Crippen molar-refractivity contribution in [2.75, 3.05) is 27.0 Å². The Morgan fingerprint density at radius 3 is 2.48 bits per heavy atom. The van der Waals surface area contributed by atoms with Gasteiger partial charge in [0, 0.05) is 20.1 Å². The third kappa shape index (κ3) is 3.40. The Kier molecular flexibility index (Phi) is 4.93. The van der Waals surface area contributed by atoms with Crippen LogP contribution in [0.2, 0.25) is 0 Å². The fourth-order valence-corrected chi connectivity index (χ4v) is 3.35. The molecule has 1 fully saturated rings. The molecule has 1 unspecified atom stereocenters. The number of carbonyl (C=O) groups is 2. The van der Waals surface area contributed by atoms with Crippen molar-refractivity contribution in [1.29, 1.82) is 0 Å². The molecule has 6 nitrogen and oxygen atoms in total. The van der Waals surface area contributed by atoms with E-state index in [-0.39, 0.29) is 12.5 Å². The number of Topliss-reactive ketones (excluding diaryl/α,β-unsaturated/α-hetero) is 1. The second-order valence-electron chi connectivity index (χ2n) is 4.73. The van der Waals surface area contributed by atoms with Crippen LogP contribution in [0.1, 0.15) is 11.5 Å². The van der Waals surface area contributed by atoms with Gasteiger partial charge in [0.15, 0.2) is 5.78 Å². The zero-order valence-corrected chi connectivity index (χ0v) is 12.7. The number of ether oxygens (including phenoxy) is 1. The van der Waals surface area contributed by atoms with Crippen molar-refractivity contribution < 1.29 is 27.9 Å². The molecule has 0 amide bonds. The van der Waals surface area contributed by atoms with Crippen molar-refractivity contribution in [1.82, 2.24) is 0 Å². The normalized spacial score (nSPS) is 22.1. The van der Waals surface area contributed by atoms with E-state index in [1.807, 2.05) is 30.3 Å². The summed E-state index contributed by atoms with van der Waals surface area (Å²) in [5.74, 6) is -2.41. The Bertz CT molecular complexity index is 562. The summed E-state index contributed by atoms with van der Waals surface area (Å²) in [4.78, 5) is 24.2. The van der Waals surface area contributed by atoms with E-state index in [2.05, 4.69) is 0 Å². The van der Waals surface area contributed by atoms with Crippen LogP contribution in [-0.4, -0.2) is 38.7 Å². The molecule has 0 aromatic heterocycles. The number of hydrogen-bond acceptors (Lipinski definition) is 6. The molecular formula is C14H17O6P. The summed E-state index contributed by atoms with van der Waals surface area (Å²) in [5.41, 5.74) is 0.839. The first-order valence-electron chi connectivity index (χ1n) is 6.45. The smallest absolute Gasteiger partial charge is 0.337 e. The summed E-state index contributed by atoms with van der Waals surface area (Å²) in [6.45, 7) is 0.142. The highest BCUT2D eigenvalue weighted by molar-refractivity contribution is 7.54. The van der Waals surface area contributed by atoms with Crippen LogP contribution in [0.5, 0.6) is 0 Å². The van der Waals surface area contributed by atoms with Crippen molar-refractivity contribution in [2.45, 2.75) is 5.92 Å². The van der Waals surface area contributed by atoms with Crippen molar-refractivity contribution in [3.05, 3.63) is 35.9 Å². The molecule has 1 aliphatic rings. The van der Waals surface area contributed by atoms with Crippen LogP contribution >= 0.6 is 7.60 Å². The van der Waals surface area contributed by atoms with Gasteiger partial charge in [-0.3, -0.25) is 14.2 Å². The predicted molar refractivity (Wildman–Crippen MR) is 75.1 cm³/mol. The van der Waals surface area contributed by atoms with Gasteiger partial charge in [-0.25, -0.2) is 0 Å². The lowest BCUT2D eigenvalue weighted by Gasteiger charge is -2.17. The number of cyclic esters (lactones) is 1. The number of benzene rings is 1. The Morgan fingerprint density at radius 2 is 1.90 bits per heavy atom. The van der Waals surface area contributed by atoms with Crippen LogP contribution in [0, 0.1) is 5.92 Å². The summed E-state index contributed by atoms with van der Waals surface area (Å²) in [6.07, 6.45) is -0.441. The van der Waals surface area contributed by atoms with Crippen molar-refractivity contribution in [3.8, 4) is 0 Å². The molecule has 1 saturated heterocycles. The zero-order valence-electron chi connectivity index (χ0n) is 11.9. The summed E-state index contributed by atoms with van der Waals surface area (Å²) in [6, 6.07) is 9.17. The Hall–Kier alpha value is -1.49. The summed E-state index contributed by atoms with van der Waals surface area (Å²) >= 11 is 0. The van der Waals surface area contributed by atoms with Gasteiger partial charge in [-0.1, -0.05) is 30.3 Å². The molecule has 1 heterocycles. The average Bonchev–Trinajstić information content (AvgIpc) is 2.90. The molecule has 1 aromatic carbocycles. The number of esters is 1. The van der Waals surface area contributed by atoms with Gasteiger partial charge in [-0.2, -0.15) is 0 Å². The molecule has 7 heteroatoms. The molecule has 21 heavy (non-hydrogen) atoms. The van der Waals surface area contributed by atoms with E-state index < -0.39 is 31.4 Å². The van der Waals surface area contributed by atoms with Gasteiger partial charge in [0.2, 0.25) is 0 Å². The lowest BCUT2D eigenvalue weighted by atomic mass is 9.86. The number of ketones is 1. The van der Waals surface area contributed by atoms with E-state index in [9.17, 15) is 14.2 Å². The molecule has 0 bridgehead atoms. The molecule has 0 radical (unpaired) electrons. The van der Waals surface area contributed by atoms with E-state index in [0.29, 0.717) is 0 Å². The Balaban J connectivity index is 2.21. The summed E-state index contributed by atoms with van der Waals surface area (Å²) in [7, 11) is -1.08. The van der Waals surface area contributed by atoms with E-state index >= 15 is 0 Å². The topological polar surface area (TPSA) is 78.9 Å². The molecule has 2 atom stereocenters. The molecule has 0 aliphatic carbocycles. The molecule has 1 aromatic rings. The monoisotopic (exact) mass is 312 g/mol. The van der Waals surface area contributed by atoms with E-state index in [1.54, 1.807) is 0 Å². The number of rotatable bonds is 6. The van der Waals surface area contributed by atoms with Gasteiger partial charge in [-0.05, 0) is 5.56 Å². The van der Waals surface area contributed by atoms with Crippen LogP contribution in [-0.2, 0) is 27.9 Å². The highest BCUT2D eigenvalue weighted by atomic mass is 31.2. The van der Waals surface area contributed by atoms with E-state index in [0.717, 1.165) is 5.56 Å². The van der Waals surface area contributed by atoms with Crippen molar-refractivity contribution in [2.24, 2.45) is 5.92 Å². The highest BCUT2D eigenvalue weighted by Gasteiger charge is 2.45. The Labute approximate surface area is 122 Å². The SMILES string of the molecule is COP(=O)(CC(=O)C1C(=O)OC[C@H]1c1ccccc1)OC. The second kappa shape index (κ2) is 6.52. The molecule has 0 spiro atoms. The first-order valence-corrected chi connectivity index (χ1v) is 8.18. The van der Waals surface area contributed by atoms with E-state index in [1.165, 1.54) is 14.2 Å². The second-order valence-corrected chi connectivity index (χ2v) is 6.99. The third-order valence-electron chi connectivity index (χ3n) is 3.54. The summed E-state index contributed by atoms with van der Waals surface area (Å²) in [5, 5.41) is 0. The lowest BCUT2D eigenvalue weighted by molar-refractivity contribution is -0.144. The first-order chi connectivity index (χ1) is 10.0. The van der Waals surface area contributed by atoms with Gasteiger partial charge in [-0.15, -0.1) is 0 Å². The molecule has 2 rings (SSSR count). The highest BCUT2D eigenvalue weighted by Crippen LogP contribution is 2.47. The fraction of sp³-hybridized carbons (Fsp3) is 0.429. The predicted octanol–water partition coefficient (Wildman–Crippen LogP) is 2.00. The minimum atomic E-state index is -3.49. The zero-order chi connectivity index (χ0) is 15.5. The van der Waals surface area contributed by atoms with Gasteiger partial charge >= 0.3 is 13.6 Å². The van der Waals surface area contributed by atoms with Gasteiger partial charge in [0.25, 0.3) is 0 Å². The van der Waals surface area contributed by atoms with Gasteiger partial charge < -0.3 is 13.8 Å². The third-order valence-corrected chi connectivity index (χ3v) is 5.35. The Morgan fingerprint density at radius 1 is 1.29 bits per heavy atom. The quantitative estimate of drug-likeness (QED) is 0.454. The van der Waals surface area contributed by atoms with E-state index in [4.69, 9.17) is 13.8 Å². The molecule has 0 N–H and O–H groups in total. The number of carbonyl (C=O) groups excluding carboxylic acids is 2. The summed E-state index contributed by atoms with van der Waals surface area (Å²) < 4.78 is 26.6. The van der Waals surface area contributed by atoms with Gasteiger partial charge in [0.1, 0.15) is 12.1 Å². The standard InChI is InChI=1S/C14H17O6P/c1-18-21(17,19-2)9-12(15)13-11(8-20-14(13)16)10-6-4-3-5-7-10/h3-7,11,13H,8-9H2,1-2H3/t11-,13?/m0/s1. The molecular weight excluding hydrogens is 295 g/mol. The van der Waals surface area contributed by atoms with Crippen LogP contribution in [0.4, 0.5) is 0 Å². The molecule has 1 aliphatic heterocycles. The molecule has 0 saturated carbocycles. The fourth-order valence-electron chi connectivity index (χ4n) is 2.36. The van der Waals surface area contributed by atoms with Crippen LogP contribution in [0.3, 0.4) is 0 Å². The first kappa shape index (κ1) is 15.9. The lowest BCUT2D eigenvalue weighted by Crippen LogP contribution is -2.27. The number of hydrogen-bond donors (Lipinski definition) is 0. The maximum Gasteiger partial charge on any atom is 0.337 e. The maximum atomic E-state index is 12.3. The van der Waals surface area contributed by atoms with Crippen molar-refractivity contribution >= 4 is 19.3 Å². The van der Waals surface area contributed by atoms with Crippen LogP contribution < -0.4 is 0 Å². The molecule has 114 valence electrons. The average molecular weight is 312 g/mol. The van der Waals surface area contributed by atoms with Crippen LogP contribution in [0.15, 0.2) is 30.3 Å².